The first-order chi connectivity index (χ1) is 7.67. The Labute approximate surface area is 97.9 Å². The minimum absolute atomic E-state index is 0.116. The molecule has 0 aromatic heterocycles. The van der Waals surface area contributed by atoms with Crippen molar-refractivity contribution in [2.24, 2.45) is 11.3 Å². The second-order valence-corrected chi connectivity index (χ2v) is 4.72. The first kappa shape index (κ1) is 13.2. The molecule has 0 saturated carbocycles. The lowest BCUT2D eigenvalue weighted by molar-refractivity contribution is -0.125. The Morgan fingerprint density at radius 1 is 1.38 bits per heavy atom. The summed E-state index contributed by atoms with van der Waals surface area (Å²) in [5.41, 5.74) is -0.137. The SMILES string of the molecule is CCC(CC)(CO)CNC(=O)C1CC=CC1. The van der Waals surface area contributed by atoms with Crippen LogP contribution in [0.15, 0.2) is 12.2 Å². The van der Waals surface area contributed by atoms with Gasteiger partial charge in [-0.05, 0) is 25.7 Å². The lowest BCUT2D eigenvalue weighted by Crippen LogP contribution is -2.41. The number of rotatable bonds is 6. The third kappa shape index (κ3) is 3.08. The number of carbonyl (C=O) groups is 1. The average Bonchev–Trinajstić information content (AvgIpc) is 2.85. The highest BCUT2D eigenvalue weighted by atomic mass is 16.3. The second-order valence-electron chi connectivity index (χ2n) is 4.72. The molecule has 1 aliphatic carbocycles. The summed E-state index contributed by atoms with van der Waals surface area (Å²) in [5.74, 6) is 0.245. The van der Waals surface area contributed by atoms with Crippen molar-refractivity contribution in [1.29, 1.82) is 0 Å². The van der Waals surface area contributed by atoms with Gasteiger partial charge in [-0.2, -0.15) is 0 Å². The van der Waals surface area contributed by atoms with Crippen LogP contribution in [0.3, 0.4) is 0 Å². The van der Waals surface area contributed by atoms with E-state index in [0.717, 1.165) is 25.7 Å². The molecule has 1 amide bonds. The zero-order valence-corrected chi connectivity index (χ0v) is 10.3. The number of carbonyl (C=O) groups excluding carboxylic acids is 1. The Balaban J connectivity index is 2.39. The summed E-state index contributed by atoms with van der Waals surface area (Å²) in [4.78, 5) is 11.8. The summed E-state index contributed by atoms with van der Waals surface area (Å²) in [6.45, 7) is 4.85. The van der Waals surface area contributed by atoms with Crippen LogP contribution in [-0.4, -0.2) is 24.2 Å². The maximum atomic E-state index is 11.8. The molecular formula is C13H23NO2. The van der Waals surface area contributed by atoms with Crippen molar-refractivity contribution in [1.82, 2.24) is 5.32 Å². The zero-order chi connectivity index (χ0) is 12.0. The van der Waals surface area contributed by atoms with Crippen LogP contribution >= 0.6 is 0 Å². The number of nitrogens with one attached hydrogen (secondary N) is 1. The van der Waals surface area contributed by atoms with Crippen molar-refractivity contribution in [3.8, 4) is 0 Å². The zero-order valence-electron chi connectivity index (χ0n) is 10.3. The highest BCUT2D eigenvalue weighted by molar-refractivity contribution is 5.79. The van der Waals surface area contributed by atoms with Gasteiger partial charge in [0, 0.05) is 17.9 Å². The summed E-state index contributed by atoms with van der Waals surface area (Å²) in [7, 11) is 0. The van der Waals surface area contributed by atoms with Gasteiger partial charge in [-0.25, -0.2) is 0 Å². The summed E-state index contributed by atoms with van der Waals surface area (Å²) in [6.07, 6.45) is 7.62. The summed E-state index contributed by atoms with van der Waals surface area (Å²) in [6, 6.07) is 0. The van der Waals surface area contributed by atoms with Crippen LogP contribution in [0.25, 0.3) is 0 Å². The monoisotopic (exact) mass is 225 g/mol. The lowest BCUT2D eigenvalue weighted by Gasteiger charge is -2.30. The fourth-order valence-electron chi connectivity index (χ4n) is 2.03. The van der Waals surface area contributed by atoms with Gasteiger partial charge in [0.15, 0.2) is 0 Å². The number of hydrogen-bond acceptors (Lipinski definition) is 2. The van der Waals surface area contributed by atoms with E-state index in [9.17, 15) is 9.90 Å². The standard InChI is InChI=1S/C13H23NO2/c1-3-13(4-2,10-15)9-14-12(16)11-7-5-6-8-11/h5-6,11,15H,3-4,7-10H2,1-2H3,(H,14,16). The summed E-state index contributed by atoms with van der Waals surface area (Å²) in [5, 5.41) is 12.4. The molecule has 0 atom stereocenters. The van der Waals surface area contributed by atoms with Crippen molar-refractivity contribution < 1.29 is 9.90 Å². The molecule has 0 aliphatic heterocycles. The quantitative estimate of drug-likeness (QED) is 0.678. The highest BCUT2D eigenvalue weighted by Gasteiger charge is 2.27. The van der Waals surface area contributed by atoms with Crippen LogP contribution in [0.4, 0.5) is 0 Å². The van der Waals surface area contributed by atoms with E-state index >= 15 is 0 Å². The molecule has 0 aromatic rings. The van der Waals surface area contributed by atoms with Crippen LogP contribution in [0.1, 0.15) is 39.5 Å². The Hall–Kier alpha value is -0.830. The minimum atomic E-state index is -0.137. The molecule has 0 radical (unpaired) electrons. The van der Waals surface area contributed by atoms with Gasteiger partial charge < -0.3 is 10.4 Å². The molecule has 0 spiro atoms. The first-order valence-corrected chi connectivity index (χ1v) is 6.21. The van der Waals surface area contributed by atoms with Crippen LogP contribution < -0.4 is 5.32 Å². The van der Waals surface area contributed by atoms with Crippen molar-refractivity contribution in [2.75, 3.05) is 13.2 Å². The molecule has 0 aromatic carbocycles. The molecule has 0 fully saturated rings. The van der Waals surface area contributed by atoms with E-state index in [1.165, 1.54) is 0 Å². The van der Waals surface area contributed by atoms with E-state index in [-0.39, 0.29) is 23.8 Å². The van der Waals surface area contributed by atoms with Crippen LogP contribution in [0.2, 0.25) is 0 Å². The fraction of sp³-hybridized carbons (Fsp3) is 0.769. The molecule has 1 aliphatic rings. The Morgan fingerprint density at radius 3 is 2.38 bits per heavy atom. The number of allylic oxidation sites excluding steroid dienone is 2. The largest absolute Gasteiger partial charge is 0.396 e. The molecule has 92 valence electrons. The fourth-order valence-corrected chi connectivity index (χ4v) is 2.03. The first-order valence-electron chi connectivity index (χ1n) is 6.21. The molecule has 16 heavy (non-hydrogen) atoms. The van der Waals surface area contributed by atoms with Gasteiger partial charge in [0.1, 0.15) is 0 Å². The molecule has 0 heterocycles. The van der Waals surface area contributed by atoms with Crippen LogP contribution in [0.5, 0.6) is 0 Å². The predicted octanol–water partition coefficient (Wildman–Crippen LogP) is 1.87. The minimum Gasteiger partial charge on any atom is -0.396 e. The van der Waals surface area contributed by atoms with E-state index in [1.54, 1.807) is 0 Å². The molecule has 1 rings (SSSR count). The molecule has 0 saturated heterocycles. The van der Waals surface area contributed by atoms with Gasteiger partial charge >= 0.3 is 0 Å². The Morgan fingerprint density at radius 2 is 1.94 bits per heavy atom. The normalized spacial score (nSPS) is 16.7. The second kappa shape index (κ2) is 6.04. The maximum Gasteiger partial charge on any atom is 0.223 e. The Bertz CT molecular complexity index is 240. The summed E-state index contributed by atoms with van der Waals surface area (Å²) >= 11 is 0. The van der Waals surface area contributed by atoms with Crippen LogP contribution in [-0.2, 0) is 4.79 Å². The molecule has 0 bridgehead atoms. The van der Waals surface area contributed by atoms with E-state index < -0.39 is 0 Å². The smallest absolute Gasteiger partial charge is 0.223 e. The van der Waals surface area contributed by atoms with Gasteiger partial charge in [0.25, 0.3) is 0 Å². The van der Waals surface area contributed by atoms with E-state index in [1.807, 2.05) is 0 Å². The topological polar surface area (TPSA) is 49.3 Å². The average molecular weight is 225 g/mol. The number of aliphatic hydroxyl groups is 1. The number of amides is 1. The van der Waals surface area contributed by atoms with Gasteiger partial charge in [0.05, 0.1) is 6.61 Å². The lowest BCUT2D eigenvalue weighted by atomic mass is 9.83. The van der Waals surface area contributed by atoms with Gasteiger partial charge in [-0.3, -0.25) is 4.79 Å². The van der Waals surface area contributed by atoms with E-state index in [4.69, 9.17) is 0 Å². The van der Waals surface area contributed by atoms with E-state index in [2.05, 4.69) is 31.3 Å². The van der Waals surface area contributed by atoms with Crippen molar-refractivity contribution >= 4 is 5.91 Å². The van der Waals surface area contributed by atoms with Gasteiger partial charge in [0.2, 0.25) is 5.91 Å². The molecule has 2 N–H and O–H groups in total. The number of aliphatic hydroxyl groups excluding tert-OH is 1. The number of hydrogen-bond donors (Lipinski definition) is 2. The van der Waals surface area contributed by atoms with Gasteiger partial charge in [-0.1, -0.05) is 26.0 Å². The highest BCUT2D eigenvalue weighted by Crippen LogP contribution is 2.25. The third-order valence-corrected chi connectivity index (χ3v) is 3.85. The van der Waals surface area contributed by atoms with Crippen molar-refractivity contribution in [3.05, 3.63) is 12.2 Å². The Kier molecular flexibility index (Phi) is 5.00. The molecule has 0 unspecified atom stereocenters. The molecular weight excluding hydrogens is 202 g/mol. The van der Waals surface area contributed by atoms with Crippen molar-refractivity contribution in [2.45, 2.75) is 39.5 Å². The maximum absolute atomic E-state index is 11.8. The molecule has 3 heteroatoms. The van der Waals surface area contributed by atoms with E-state index in [0.29, 0.717) is 6.54 Å². The van der Waals surface area contributed by atoms with Crippen molar-refractivity contribution in [3.63, 3.8) is 0 Å². The van der Waals surface area contributed by atoms with Gasteiger partial charge in [-0.15, -0.1) is 0 Å². The third-order valence-electron chi connectivity index (χ3n) is 3.85. The predicted molar refractivity (Wildman–Crippen MR) is 65.0 cm³/mol. The summed E-state index contributed by atoms with van der Waals surface area (Å²) < 4.78 is 0. The molecule has 3 nitrogen and oxygen atoms in total. The van der Waals surface area contributed by atoms with Crippen LogP contribution in [0, 0.1) is 11.3 Å².